The Bertz CT molecular complexity index is 857. The van der Waals surface area contributed by atoms with Crippen LogP contribution >= 0.6 is 0 Å². The number of aliphatic hydroxyl groups is 1. The fraction of sp³-hybridized carbons (Fsp3) is 0.750. The molecule has 1 spiro atoms. The minimum Gasteiger partial charge on any atom is -0.465 e. The average Bonchev–Trinajstić information content (AvgIpc) is 3.25. The molecule has 8 heteroatoms. The Hall–Kier alpha value is -2.19. The van der Waals surface area contributed by atoms with Crippen molar-refractivity contribution in [3.05, 3.63) is 24.3 Å². The van der Waals surface area contributed by atoms with Crippen molar-refractivity contribution in [1.82, 2.24) is 9.80 Å². The zero-order chi connectivity index (χ0) is 25.5. The second kappa shape index (κ2) is 12.4. The first-order valence-corrected chi connectivity index (χ1v) is 13.9. The second-order valence-corrected chi connectivity index (χ2v) is 10.5. The topological polar surface area (TPSA) is 96.4 Å². The summed E-state index contributed by atoms with van der Waals surface area (Å²) < 4.78 is 12.2. The summed E-state index contributed by atoms with van der Waals surface area (Å²) in [5.41, 5.74) is -1.18. The smallest absolute Gasteiger partial charge is 0.312 e. The lowest BCUT2D eigenvalue weighted by molar-refractivity contribution is -0.155. The summed E-state index contributed by atoms with van der Waals surface area (Å²) in [6.07, 6.45) is 15.9. The summed E-state index contributed by atoms with van der Waals surface area (Å²) in [5, 5.41) is 9.09. The van der Waals surface area contributed by atoms with Gasteiger partial charge in [-0.2, -0.15) is 0 Å². The Labute approximate surface area is 214 Å². The van der Waals surface area contributed by atoms with Gasteiger partial charge in [-0.3, -0.25) is 14.4 Å². The fourth-order valence-corrected chi connectivity index (χ4v) is 6.20. The van der Waals surface area contributed by atoms with E-state index in [0.29, 0.717) is 26.2 Å². The lowest BCUT2D eigenvalue weighted by Crippen LogP contribution is -2.55. The van der Waals surface area contributed by atoms with E-state index in [4.69, 9.17) is 14.6 Å². The fourth-order valence-electron chi connectivity index (χ4n) is 6.20. The van der Waals surface area contributed by atoms with E-state index in [9.17, 15) is 14.4 Å². The standard InChI is InChI=1S/C28H42N2O6/c1-2-3-9-16-29-17-13-15-28-23(22-21(36-28)14-8-4-7-12-20-35-27(22)34)25(32)30(24(28)26(29)33)18-10-5-6-11-19-31/h8,13-15,21-24,31H,2-7,9-12,16-20H2,1H3/b14-8-/t21-,22+,23-,24?,28-/m0/s1. The molecule has 5 atom stereocenters. The van der Waals surface area contributed by atoms with Gasteiger partial charge in [-0.1, -0.05) is 56.9 Å². The van der Waals surface area contributed by atoms with Gasteiger partial charge in [0.1, 0.15) is 17.6 Å². The largest absolute Gasteiger partial charge is 0.465 e. The predicted octanol–water partition coefficient (Wildman–Crippen LogP) is 2.99. The highest BCUT2D eigenvalue weighted by Crippen LogP contribution is 2.53. The van der Waals surface area contributed by atoms with Crippen LogP contribution in [0.1, 0.15) is 71.1 Å². The van der Waals surface area contributed by atoms with E-state index in [2.05, 4.69) is 6.92 Å². The van der Waals surface area contributed by atoms with Gasteiger partial charge in [0.25, 0.3) is 0 Å². The van der Waals surface area contributed by atoms with E-state index in [1.165, 1.54) is 0 Å². The zero-order valence-corrected chi connectivity index (χ0v) is 21.6. The maximum Gasteiger partial charge on any atom is 0.312 e. The van der Waals surface area contributed by atoms with E-state index in [0.717, 1.165) is 64.2 Å². The minimum atomic E-state index is -1.18. The first kappa shape index (κ1) is 26.9. The number of nitrogens with zero attached hydrogens (tertiary/aromatic N) is 2. The second-order valence-electron chi connectivity index (χ2n) is 10.5. The van der Waals surface area contributed by atoms with Crippen molar-refractivity contribution in [1.29, 1.82) is 0 Å². The highest BCUT2D eigenvalue weighted by molar-refractivity contribution is 5.99. The summed E-state index contributed by atoms with van der Waals surface area (Å²) in [6.45, 7) is 4.17. The summed E-state index contributed by atoms with van der Waals surface area (Å²) in [4.78, 5) is 44.8. The lowest BCUT2D eigenvalue weighted by Gasteiger charge is -2.35. The molecule has 4 aliphatic heterocycles. The van der Waals surface area contributed by atoms with Gasteiger partial charge < -0.3 is 24.4 Å². The number of carbonyl (C=O) groups excluding carboxylic acids is 3. The molecule has 36 heavy (non-hydrogen) atoms. The van der Waals surface area contributed by atoms with E-state index in [1.54, 1.807) is 4.90 Å². The monoisotopic (exact) mass is 502 g/mol. The Morgan fingerprint density at radius 2 is 1.81 bits per heavy atom. The van der Waals surface area contributed by atoms with E-state index >= 15 is 0 Å². The molecule has 0 bridgehead atoms. The van der Waals surface area contributed by atoms with Gasteiger partial charge in [-0.05, 0) is 38.5 Å². The molecular formula is C28H42N2O6. The molecule has 0 saturated carbocycles. The summed E-state index contributed by atoms with van der Waals surface area (Å²) in [5.74, 6) is -2.24. The maximum atomic E-state index is 14.0. The van der Waals surface area contributed by atoms with E-state index in [-0.39, 0.29) is 18.4 Å². The Morgan fingerprint density at radius 3 is 2.61 bits per heavy atom. The van der Waals surface area contributed by atoms with Crippen molar-refractivity contribution < 1.29 is 29.0 Å². The molecule has 0 aromatic rings. The van der Waals surface area contributed by atoms with Crippen molar-refractivity contribution in [2.45, 2.75) is 88.9 Å². The van der Waals surface area contributed by atoms with Gasteiger partial charge in [0.05, 0.1) is 18.6 Å². The van der Waals surface area contributed by atoms with Crippen LogP contribution in [-0.4, -0.2) is 83.3 Å². The molecule has 0 radical (unpaired) electrons. The third-order valence-electron chi connectivity index (χ3n) is 8.02. The number of cyclic esters (lactones) is 1. The first-order chi connectivity index (χ1) is 17.5. The van der Waals surface area contributed by atoms with Gasteiger partial charge >= 0.3 is 5.97 Å². The van der Waals surface area contributed by atoms with Crippen molar-refractivity contribution in [2.75, 3.05) is 32.8 Å². The normalized spacial score (nSPS) is 33.1. The molecule has 1 unspecified atom stereocenters. The molecule has 2 amide bonds. The van der Waals surface area contributed by atoms with Crippen LogP contribution in [0, 0.1) is 11.8 Å². The molecule has 1 N–H and O–H groups in total. The lowest BCUT2D eigenvalue weighted by atomic mass is 9.78. The van der Waals surface area contributed by atoms with Gasteiger partial charge in [0.15, 0.2) is 0 Å². The number of aliphatic hydroxyl groups excluding tert-OH is 1. The van der Waals surface area contributed by atoms with Gasteiger partial charge in [-0.15, -0.1) is 0 Å². The third-order valence-corrected chi connectivity index (χ3v) is 8.02. The zero-order valence-electron chi connectivity index (χ0n) is 21.6. The molecule has 0 aromatic carbocycles. The summed E-state index contributed by atoms with van der Waals surface area (Å²) in [6, 6.07) is -0.785. The van der Waals surface area contributed by atoms with Gasteiger partial charge in [0, 0.05) is 26.2 Å². The molecule has 200 valence electrons. The highest BCUT2D eigenvalue weighted by Gasteiger charge is 2.71. The van der Waals surface area contributed by atoms with E-state index in [1.807, 2.05) is 29.2 Å². The van der Waals surface area contributed by atoms with Crippen LogP contribution in [0.3, 0.4) is 0 Å². The van der Waals surface area contributed by atoms with E-state index < -0.39 is 35.6 Å². The molecule has 2 saturated heterocycles. The number of amides is 2. The van der Waals surface area contributed by atoms with Crippen LogP contribution in [0.15, 0.2) is 24.3 Å². The number of ether oxygens (including phenoxy) is 2. The average molecular weight is 503 g/mol. The summed E-state index contributed by atoms with van der Waals surface area (Å²) >= 11 is 0. The number of fused-ring (bicyclic) bond motifs is 2. The van der Waals surface area contributed by atoms with Crippen LogP contribution in [0.5, 0.6) is 0 Å². The van der Waals surface area contributed by atoms with Gasteiger partial charge in [0.2, 0.25) is 11.8 Å². The first-order valence-electron chi connectivity index (χ1n) is 13.9. The molecule has 4 aliphatic rings. The van der Waals surface area contributed by atoms with Crippen molar-refractivity contribution in [3.63, 3.8) is 0 Å². The third kappa shape index (κ3) is 5.25. The van der Waals surface area contributed by atoms with Crippen LogP contribution < -0.4 is 0 Å². The molecule has 2 fully saturated rings. The van der Waals surface area contributed by atoms with Crippen molar-refractivity contribution >= 4 is 17.8 Å². The molecular weight excluding hydrogens is 460 g/mol. The van der Waals surface area contributed by atoms with Crippen molar-refractivity contribution in [2.24, 2.45) is 11.8 Å². The number of hydrogen-bond acceptors (Lipinski definition) is 6. The molecule has 4 rings (SSSR count). The molecule has 0 aliphatic carbocycles. The van der Waals surface area contributed by atoms with Crippen molar-refractivity contribution in [3.8, 4) is 0 Å². The summed E-state index contributed by atoms with van der Waals surface area (Å²) in [7, 11) is 0. The number of esters is 1. The molecule has 8 nitrogen and oxygen atoms in total. The number of hydrogen-bond donors (Lipinski definition) is 1. The van der Waals surface area contributed by atoms with Crippen LogP contribution in [-0.2, 0) is 23.9 Å². The minimum absolute atomic E-state index is 0.0941. The molecule has 0 aromatic heterocycles. The van der Waals surface area contributed by atoms with Crippen LogP contribution in [0.2, 0.25) is 0 Å². The SMILES string of the molecule is CCCCCN1CC=C[C@]23O[C@H]4/C=C\CCCCOC(=O)[C@H]4[C@H]2C(=O)N(CCCCCCO)C3C1=O. The predicted molar refractivity (Wildman–Crippen MR) is 135 cm³/mol. The number of carbonyl (C=O) groups is 3. The number of unbranched alkanes of at least 4 members (excludes halogenated alkanes) is 5. The number of rotatable bonds is 10. The highest BCUT2D eigenvalue weighted by atomic mass is 16.6. The number of likely N-dealkylation sites (tertiary alicyclic amines) is 1. The van der Waals surface area contributed by atoms with Crippen LogP contribution in [0.4, 0.5) is 0 Å². The Kier molecular flexibility index (Phi) is 9.23. The molecule has 4 heterocycles. The quantitative estimate of drug-likeness (QED) is 0.280. The number of allylic oxidation sites excluding steroid dienone is 1. The van der Waals surface area contributed by atoms with Gasteiger partial charge in [-0.25, -0.2) is 0 Å². The Morgan fingerprint density at radius 1 is 1.00 bits per heavy atom. The Balaban J connectivity index is 1.67. The maximum absolute atomic E-state index is 14.0. The van der Waals surface area contributed by atoms with Crippen LogP contribution in [0.25, 0.3) is 0 Å².